The summed E-state index contributed by atoms with van der Waals surface area (Å²) in [5.41, 5.74) is 1.15. The van der Waals surface area contributed by atoms with Crippen molar-refractivity contribution >= 4 is 8.03 Å². The topological polar surface area (TPSA) is 37.3 Å². The van der Waals surface area contributed by atoms with E-state index in [1.165, 1.54) is 0 Å². The van der Waals surface area contributed by atoms with Gasteiger partial charge in [0.15, 0.2) is 6.16 Å². The quantitative estimate of drug-likeness (QED) is 0.454. The van der Waals surface area contributed by atoms with E-state index in [4.69, 9.17) is 4.89 Å². The minimum Gasteiger partial charge on any atom is -0.160 e. The molecule has 1 aliphatic rings. The maximum atomic E-state index is 10.1. The van der Waals surface area contributed by atoms with E-state index in [2.05, 4.69) is 0 Å². The van der Waals surface area contributed by atoms with Crippen LogP contribution in [0.25, 0.3) is 0 Å². The Morgan fingerprint density at radius 3 is 2.62 bits per heavy atom. The molecular formula is C5H8O2P+. The fourth-order valence-electron chi connectivity index (χ4n) is 0.666. The largest absolute Gasteiger partial charge is 0.509 e. The summed E-state index contributed by atoms with van der Waals surface area (Å²) in [7, 11) is -1.91. The van der Waals surface area contributed by atoms with Crippen molar-refractivity contribution in [3.8, 4) is 0 Å². The van der Waals surface area contributed by atoms with Gasteiger partial charge < -0.3 is 0 Å². The predicted octanol–water partition coefficient (Wildman–Crippen LogP) is 1.44. The molecule has 44 valence electrons. The van der Waals surface area contributed by atoms with Crippen molar-refractivity contribution in [3.63, 3.8) is 0 Å². The fraction of sp³-hybridized carbons (Fsp3) is 0.600. The molecule has 3 heteroatoms. The molecule has 0 aromatic carbocycles. The summed E-state index contributed by atoms with van der Waals surface area (Å²) in [6, 6.07) is 0. The lowest BCUT2D eigenvalue weighted by Crippen LogP contribution is -1.95. The molecule has 1 N–H and O–H groups in total. The summed E-state index contributed by atoms with van der Waals surface area (Å²) in [6.07, 6.45) is 4.54. The number of hydrogen-bond donors (Lipinski definition) is 1. The zero-order chi connectivity index (χ0) is 5.98. The number of rotatable bonds is 2. The Hall–Kier alpha value is -0.200. The third kappa shape index (κ3) is 1.39. The Labute approximate surface area is 49.1 Å². The highest BCUT2D eigenvalue weighted by Gasteiger charge is 2.17. The van der Waals surface area contributed by atoms with Crippen molar-refractivity contribution in [1.82, 2.24) is 0 Å². The highest BCUT2D eigenvalue weighted by Crippen LogP contribution is 2.26. The zero-order valence-corrected chi connectivity index (χ0v) is 5.40. The SMILES string of the molecule is O=[P+](O)CC1=CCC1. The molecule has 8 heavy (non-hydrogen) atoms. The average molecular weight is 131 g/mol. The van der Waals surface area contributed by atoms with Crippen LogP contribution in [-0.2, 0) is 4.57 Å². The lowest BCUT2D eigenvalue weighted by atomic mass is 10.0. The third-order valence-electron chi connectivity index (χ3n) is 1.24. The third-order valence-corrected chi connectivity index (χ3v) is 1.91. The van der Waals surface area contributed by atoms with Gasteiger partial charge in [-0.1, -0.05) is 6.08 Å². The van der Waals surface area contributed by atoms with Crippen LogP contribution in [-0.4, -0.2) is 11.1 Å². The van der Waals surface area contributed by atoms with Crippen LogP contribution in [0, 0.1) is 0 Å². The van der Waals surface area contributed by atoms with Crippen LogP contribution >= 0.6 is 8.03 Å². The summed E-state index contributed by atoms with van der Waals surface area (Å²) in [5.74, 6) is 0. The van der Waals surface area contributed by atoms with E-state index < -0.39 is 8.03 Å². The summed E-state index contributed by atoms with van der Waals surface area (Å²) in [4.78, 5) is 8.36. The smallest absolute Gasteiger partial charge is 0.160 e. The first kappa shape index (κ1) is 5.93. The molecule has 1 unspecified atom stereocenters. The molecule has 0 saturated heterocycles. The molecule has 0 bridgehead atoms. The minimum absolute atomic E-state index is 0.398. The number of hydrogen-bond acceptors (Lipinski definition) is 1. The first-order valence-corrected chi connectivity index (χ1v) is 4.00. The molecule has 0 heterocycles. The Morgan fingerprint density at radius 2 is 2.50 bits per heavy atom. The Balaban J connectivity index is 2.29. The second-order valence-corrected chi connectivity index (χ2v) is 2.93. The van der Waals surface area contributed by atoms with Crippen molar-refractivity contribution in [3.05, 3.63) is 11.6 Å². The van der Waals surface area contributed by atoms with Crippen LogP contribution in [0.5, 0.6) is 0 Å². The van der Waals surface area contributed by atoms with Crippen molar-refractivity contribution in [2.24, 2.45) is 0 Å². The van der Waals surface area contributed by atoms with Crippen molar-refractivity contribution < 1.29 is 9.46 Å². The standard InChI is InChI=1S/C5H7O2P/c6-8(7)4-5-2-1-3-5/h2H,1,3-4H2/p+1. The summed E-state index contributed by atoms with van der Waals surface area (Å²) < 4.78 is 10.1. The molecule has 0 fully saturated rings. The summed E-state index contributed by atoms with van der Waals surface area (Å²) in [5, 5.41) is 0. The van der Waals surface area contributed by atoms with E-state index in [-0.39, 0.29) is 0 Å². The zero-order valence-electron chi connectivity index (χ0n) is 4.50. The first-order valence-electron chi connectivity index (χ1n) is 2.60. The Kier molecular flexibility index (Phi) is 1.77. The Morgan fingerprint density at radius 1 is 1.88 bits per heavy atom. The van der Waals surface area contributed by atoms with E-state index in [1.54, 1.807) is 0 Å². The Bertz CT molecular complexity index is 139. The highest BCUT2D eigenvalue weighted by molar-refractivity contribution is 7.38. The predicted molar refractivity (Wildman–Crippen MR) is 32.0 cm³/mol. The highest BCUT2D eigenvalue weighted by atomic mass is 31.1. The maximum absolute atomic E-state index is 10.1. The molecule has 0 spiro atoms. The molecule has 1 atom stereocenters. The van der Waals surface area contributed by atoms with Gasteiger partial charge in [0, 0.05) is 0 Å². The van der Waals surface area contributed by atoms with Crippen LogP contribution < -0.4 is 0 Å². The molecule has 1 aliphatic carbocycles. The van der Waals surface area contributed by atoms with Gasteiger partial charge in [-0.05, 0) is 23.0 Å². The molecule has 0 aromatic heterocycles. The van der Waals surface area contributed by atoms with E-state index in [9.17, 15) is 4.57 Å². The molecule has 0 aliphatic heterocycles. The lowest BCUT2D eigenvalue weighted by Gasteiger charge is -2.06. The maximum Gasteiger partial charge on any atom is 0.509 e. The second-order valence-electron chi connectivity index (χ2n) is 1.91. The molecule has 0 radical (unpaired) electrons. The van der Waals surface area contributed by atoms with Crippen LogP contribution in [0.15, 0.2) is 11.6 Å². The van der Waals surface area contributed by atoms with Gasteiger partial charge in [0.25, 0.3) is 0 Å². The van der Waals surface area contributed by atoms with Gasteiger partial charge in [0.2, 0.25) is 0 Å². The monoisotopic (exact) mass is 131 g/mol. The molecule has 2 nitrogen and oxygen atoms in total. The van der Waals surface area contributed by atoms with E-state index in [0.717, 1.165) is 18.4 Å². The van der Waals surface area contributed by atoms with Gasteiger partial charge >= 0.3 is 8.03 Å². The van der Waals surface area contributed by atoms with E-state index in [1.807, 2.05) is 6.08 Å². The van der Waals surface area contributed by atoms with E-state index >= 15 is 0 Å². The fourth-order valence-corrected chi connectivity index (χ4v) is 1.30. The molecular weight excluding hydrogens is 123 g/mol. The molecule has 0 saturated carbocycles. The van der Waals surface area contributed by atoms with Gasteiger partial charge in [-0.2, -0.15) is 4.89 Å². The van der Waals surface area contributed by atoms with Crippen LogP contribution in [0.3, 0.4) is 0 Å². The van der Waals surface area contributed by atoms with Gasteiger partial charge in [-0.15, -0.1) is 0 Å². The first-order chi connectivity index (χ1) is 3.79. The van der Waals surface area contributed by atoms with Gasteiger partial charge in [0.05, 0.1) is 0 Å². The molecule has 0 aromatic rings. The lowest BCUT2D eigenvalue weighted by molar-refractivity contribution is 0.504. The second kappa shape index (κ2) is 2.38. The van der Waals surface area contributed by atoms with Crippen molar-refractivity contribution in [2.75, 3.05) is 6.16 Å². The van der Waals surface area contributed by atoms with Crippen LogP contribution in [0.2, 0.25) is 0 Å². The van der Waals surface area contributed by atoms with Crippen LogP contribution in [0.4, 0.5) is 0 Å². The van der Waals surface area contributed by atoms with Gasteiger partial charge in [0.1, 0.15) is 0 Å². The minimum atomic E-state index is -1.91. The molecule has 0 amide bonds. The summed E-state index contributed by atoms with van der Waals surface area (Å²) >= 11 is 0. The number of allylic oxidation sites excluding steroid dienone is 2. The van der Waals surface area contributed by atoms with Crippen molar-refractivity contribution in [2.45, 2.75) is 12.8 Å². The van der Waals surface area contributed by atoms with Crippen LogP contribution in [0.1, 0.15) is 12.8 Å². The average Bonchev–Trinajstić information content (AvgIpc) is 1.55. The van der Waals surface area contributed by atoms with Gasteiger partial charge in [-0.3, -0.25) is 0 Å². The van der Waals surface area contributed by atoms with Gasteiger partial charge in [-0.25, -0.2) is 0 Å². The van der Waals surface area contributed by atoms with Crippen molar-refractivity contribution in [1.29, 1.82) is 0 Å². The summed E-state index contributed by atoms with van der Waals surface area (Å²) in [6.45, 7) is 0. The molecule has 1 rings (SSSR count). The van der Waals surface area contributed by atoms with E-state index in [0.29, 0.717) is 6.16 Å². The normalized spacial score (nSPS) is 19.1.